The average molecular weight is 200 g/mol. The van der Waals surface area contributed by atoms with E-state index in [0.29, 0.717) is 0 Å². The number of hydrogen-bond acceptors (Lipinski definition) is 4. The summed E-state index contributed by atoms with van der Waals surface area (Å²) in [5.74, 6) is -0.355. The lowest BCUT2D eigenvalue weighted by Gasteiger charge is -2.27. The van der Waals surface area contributed by atoms with E-state index in [4.69, 9.17) is 10.5 Å². The Balaban J connectivity index is 2.39. The Hall–Kier alpha value is -0.610. The number of nitrogens with one attached hydrogen (secondary N) is 1. The predicted molar refractivity (Wildman–Crippen MR) is 54.6 cm³/mol. The standard InChI is InChI=1S/C10H20N2O2/c1-10(11,12-2)9(13)14-8-6-4-3-5-7-8/h8,12H,3-7,11H2,1-2H3/t10-/m1/s1. The molecule has 0 spiro atoms. The minimum atomic E-state index is -1.06. The Morgan fingerprint density at radius 3 is 2.50 bits per heavy atom. The van der Waals surface area contributed by atoms with Crippen LogP contribution in [0.5, 0.6) is 0 Å². The van der Waals surface area contributed by atoms with Crippen molar-refractivity contribution in [2.45, 2.75) is 50.8 Å². The fourth-order valence-corrected chi connectivity index (χ4v) is 1.56. The SMILES string of the molecule is CN[C@@](C)(N)C(=O)OC1CCCCC1. The zero-order valence-corrected chi connectivity index (χ0v) is 9.01. The Morgan fingerprint density at radius 1 is 1.43 bits per heavy atom. The molecule has 0 radical (unpaired) electrons. The molecule has 82 valence electrons. The Labute approximate surface area is 85.2 Å². The van der Waals surface area contributed by atoms with E-state index in [1.54, 1.807) is 14.0 Å². The Bertz CT molecular complexity index is 198. The van der Waals surface area contributed by atoms with Gasteiger partial charge in [0.25, 0.3) is 0 Å². The largest absolute Gasteiger partial charge is 0.460 e. The summed E-state index contributed by atoms with van der Waals surface area (Å²) in [6, 6.07) is 0. The van der Waals surface area contributed by atoms with Gasteiger partial charge in [-0.2, -0.15) is 0 Å². The third-order valence-electron chi connectivity index (χ3n) is 2.77. The molecule has 1 aliphatic carbocycles. The average Bonchev–Trinajstić information content (AvgIpc) is 2.19. The number of carbonyl (C=O) groups excluding carboxylic acids is 1. The summed E-state index contributed by atoms with van der Waals surface area (Å²) in [5.41, 5.74) is 4.63. The number of rotatable bonds is 3. The van der Waals surface area contributed by atoms with Gasteiger partial charge in [0, 0.05) is 0 Å². The van der Waals surface area contributed by atoms with Crippen molar-refractivity contribution in [1.82, 2.24) is 5.32 Å². The minimum Gasteiger partial charge on any atom is -0.460 e. The van der Waals surface area contributed by atoms with Crippen LogP contribution in [-0.4, -0.2) is 24.8 Å². The molecule has 0 unspecified atom stereocenters. The van der Waals surface area contributed by atoms with E-state index in [1.807, 2.05) is 0 Å². The van der Waals surface area contributed by atoms with Crippen molar-refractivity contribution in [1.29, 1.82) is 0 Å². The summed E-state index contributed by atoms with van der Waals surface area (Å²) in [6.45, 7) is 1.62. The first-order valence-corrected chi connectivity index (χ1v) is 5.25. The minimum absolute atomic E-state index is 0.0764. The fourth-order valence-electron chi connectivity index (χ4n) is 1.56. The molecule has 0 amide bonds. The highest BCUT2D eigenvalue weighted by molar-refractivity contribution is 5.79. The second kappa shape index (κ2) is 4.75. The lowest BCUT2D eigenvalue weighted by Crippen LogP contribution is -2.57. The molecule has 1 rings (SSSR count). The van der Waals surface area contributed by atoms with Gasteiger partial charge >= 0.3 is 5.97 Å². The van der Waals surface area contributed by atoms with Crippen LogP contribution in [0.1, 0.15) is 39.0 Å². The third-order valence-corrected chi connectivity index (χ3v) is 2.77. The number of likely N-dealkylation sites (N-methyl/N-ethyl adjacent to an activating group) is 1. The first kappa shape index (κ1) is 11.5. The summed E-state index contributed by atoms with van der Waals surface area (Å²) in [5, 5.41) is 2.73. The van der Waals surface area contributed by atoms with Gasteiger partial charge in [-0.3, -0.25) is 5.32 Å². The molecule has 0 bridgehead atoms. The molecule has 0 aromatic rings. The van der Waals surface area contributed by atoms with Gasteiger partial charge in [-0.05, 0) is 39.7 Å². The number of carbonyl (C=O) groups is 1. The van der Waals surface area contributed by atoms with Gasteiger partial charge in [0.1, 0.15) is 6.10 Å². The van der Waals surface area contributed by atoms with E-state index in [1.165, 1.54) is 6.42 Å². The van der Waals surface area contributed by atoms with Gasteiger partial charge in [-0.25, -0.2) is 4.79 Å². The lowest BCUT2D eigenvalue weighted by atomic mass is 9.98. The van der Waals surface area contributed by atoms with Gasteiger partial charge in [0.2, 0.25) is 0 Å². The van der Waals surface area contributed by atoms with Gasteiger partial charge in [0.05, 0.1) is 0 Å². The highest BCUT2D eigenvalue weighted by Gasteiger charge is 2.30. The molecule has 1 fully saturated rings. The maximum atomic E-state index is 11.6. The van der Waals surface area contributed by atoms with E-state index in [-0.39, 0.29) is 12.1 Å². The molecule has 1 saturated carbocycles. The second-order valence-electron chi connectivity index (χ2n) is 4.12. The molecule has 14 heavy (non-hydrogen) atoms. The number of nitrogens with two attached hydrogens (primary N) is 1. The highest BCUT2D eigenvalue weighted by Crippen LogP contribution is 2.21. The zero-order valence-electron chi connectivity index (χ0n) is 9.01. The summed E-state index contributed by atoms with van der Waals surface area (Å²) in [4.78, 5) is 11.6. The summed E-state index contributed by atoms with van der Waals surface area (Å²) >= 11 is 0. The normalized spacial score (nSPS) is 22.8. The van der Waals surface area contributed by atoms with Crippen molar-refractivity contribution in [2.24, 2.45) is 5.73 Å². The third kappa shape index (κ3) is 2.96. The Morgan fingerprint density at radius 2 is 2.00 bits per heavy atom. The number of ether oxygens (including phenoxy) is 1. The summed E-state index contributed by atoms with van der Waals surface area (Å²) in [7, 11) is 1.65. The first-order valence-electron chi connectivity index (χ1n) is 5.25. The van der Waals surface area contributed by atoms with Crippen LogP contribution in [0, 0.1) is 0 Å². The van der Waals surface area contributed by atoms with Crippen LogP contribution in [-0.2, 0) is 9.53 Å². The van der Waals surface area contributed by atoms with Crippen LogP contribution < -0.4 is 11.1 Å². The quantitative estimate of drug-likeness (QED) is 0.521. The molecule has 4 heteroatoms. The van der Waals surface area contributed by atoms with Gasteiger partial charge in [-0.15, -0.1) is 0 Å². The van der Waals surface area contributed by atoms with E-state index >= 15 is 0 Å². The van der Waals surface area contributed by atoms with Gasteiger partial charge < -0.3 is 10.5 Å². The van der Waals surface area contributed by atoms with Crippen LogP contribution in [0.3, 0.4) is 0 Å². The molecule has 1 aliphatic rings. The highest BCUT2D eigenvalue weighted by atomic mass is 16.5. The molecule has 4 nitrogen and oxygen atoms in total. The molecule has 3 N–H and O–H groups in total. The smallest absolute Gasteiger partial charge is 0.341 e. The van der Waals surface area contributed by atoms with Gasteiger partial charge in [0.15, 0.2) is 5.66 Å². The van der Waals surface area contributed by atoms with Crippen molar-refractivity contribution in [3.63, 3.8) is 0 Å². The van der Waals surface area contributed by atoms with Crippen LogP contribution in [0.2, 0.25) is 0 Å². The van der Waals surface area contributed by atoms with Crippen molar-refractivity contribution in [3.8, 4) is 0 Å². The lowest BCUT2D eigenvalue weighted by molar-refractivity contribution is -0.157. The van der Waals surface area contributed by atoms with Crippen LogP contribution in [0.25, 0.3) is 0 Å². The van der Waals surface area contributed by atoms with Gasteiger partial charge in [-0.1, -0.05) is 6.42 Å². The van der Waals surface area contributed by atoms with Crippen LogP contribution in [0.15, 0.2) is 0 Å². The van der Waals surface area contributed by atoms with E-state index < -0.39 is 5.66 Å². The van der Waals surface area contributed by atoms with E-state index in [2.05, 4.69) is 5.32 Å². The molecule has 0 heterocycles. The molecular weight excluding hydrogens is 180 g/mol. The molecule has 1 atom stereocenters. The fraction of sp³-hybridized carbons (Fsp3) is 0.900. The topological polar surface area (TPSA) is 64.3 Å². The summed E-state index contributed by atoms with van der Waals surface area (Å²) in [6.07, 6.45) is 5.58. The first-order chi connectivity index (χ1) is 6.56. The molecule has 0 aliphatic heterocycles. The number of esters is 1. The van der Waals surface area contributed by atoms with Crippen molar-refractivity contribution in [2.75, 3.05) is 7.05 Å². The number of hydrogen-bond donors (Lipinski definition) is 2. The molecular formula is C10H20N2O2. The molecule has 0 saturated heterocycles. The summed E-state index contributed by atoms with van der Waals surface area (Å²) < 4.78 is 5.32. The second-order valence-corrected chi connectivity index (χ2v) is 4.12. The van der Waals surface area contributed by atoms with Crippen molar-refractivity contribution in [3.05, 3.63) is 0 Å². The van der Waals surface area contributed by atoms with Crippen molar-refractivity contribution >= 4 is 5.97 Å². The monoisotopic (exact) mass is 200 g/mol. The van der Waals surface area contributed by atoms with E-state index in [9.17, 15) is 4.79 Å². The van der Waals surface area contributed by atoms with Crippen molar-refractivity contribution < 1.29 is 9.53 Å². The predicted octanol–water partition coefficient (Wildman–Crippen LogP) is 0.757. The van der Waals surface area contributed by atoms with Crippen LogP contribution in [0.4, 0.5) is 0 Å². The zero-order chi connectivity index (χ0) is 10.6. The molecule has 0 aromatic carbocycles. The van der Waals surface area contributed by atoms with Crippen LogP contribution >= 0.6 is 0 Å². The Kier molecular flexibility index (Phi) is 3.89. The molecule has 0 aromatic heterocycles. The van der Waals surface area contributed by atoms with E-state index in [0.717, 1.165) is 25.7 Å². The maximum absolute atomic E-state index is 11.6. The maximum Gasteiger partial charge on any atom is 0.341 e.